The van der Waals surface area contributed by atoms with Crippen LogP contribution in [0.1, 0.15) is 32.8 Å². The van der Waals surface area contributed by atoms with E-state index in [9.17, 15) is 8.42 Å². The number of nitrogens with two attached hydrogens (primary N) is 1. The largest absolute Gasteiger partial charge is 0.399 e. The van der Waals surface area contributed by atoms with Crippen LogP contribution >= 0.6 is 0 Å². The summed E-state index contributed by atoms with van der Waals surface area (Å²) >= 11 is 0. The quantitative estimate of drug-likeness (QED) is 0.806. The summed E-state index contributed by atoms with van der Waals surface area (Å²) in [6, 6.07) is 4.67. The van der Waals surface area contributed by atoms with Gasteiger partial charge in [0.1, 0.15) is 0 Å². The fraction of sp³-hybridized carbons (Fsp3) is 0.538. The molecule has 4 nitrogen and oxygen atoms in total. The predicted octanol–water partition coefficient (Wildman–Crippen LogP) is 2.29. The number of rotatable bonds is 5. The lowest BCUT2D eigenvalue weighted by atomic mass is 10.0. The van der Waals surface area contributed by atoms with E-state index >= 15 is 0 Å². The van der Waals surface area contributed by atoms with Crippen molar-refractivity contribution < 1.29 is 8.42 Å². The molecule has 2 unspecified atom stereocenters. The molecule has 3 N–H and O–H groups in total. The predicted molar refractivity (Wildman–Crippen MR) is 74.8 cm³/mol. The van der Waals surface area contributed by atoms with Gasteiger partial charge in [-0.25, -0.2) is 13.1 Å². The maximum atomic E-state index is 12.2. The van der Waals surface area contributed by atoms with Gasteiger partial charge in [-0.05, 0) is 43.5 Å². The second-order valence-electron chi connectivity index (χ2n) is 4.81. The zero-order valence-electron chi connectivity index (χ0n) is 11.4. The van der Waals surface area contributed by atoms with Gasteiger partial charge in [0.05, 0.1) is 4.90 Å². The number of benzene rings is 1. The highest BCUT2D eigenvalue weighted by molar-refractivity contribution is 7.89. The molecule has 5 heteroatoms. The molecule has 0 heterocycles. The molecule has 0 radical (unpaired) electrons. The van der Waals surface area contributed by atoms with Crippen LogP contribution in [0, 0.1) is 12.8 Å². The van der Waals surface area contributed by atoms with Crippen LogP contribution < -0.4 is 10.5 Å². The molecule has 0 aliphatic carbocycles. The molecule has 0 fully saturated rings. The van der Waals surface area contributed by atoms with Gasteiger partial charge in [0.15, 0.2) is 0 Å². The molecule has 0 aliphatic rings. The normalized spacial score (nSPS) is 15.3. The zero-order chi connectivity index (χ0) is 13.9. The minimum absolute atomic E-state index is 0.0853. The molecule has 1 aromatic carbocycles. The first kappa shape index (κ1) is 15.0. The Labute approximate surface area is 110 Å². The fourth-order valence-corrected chi connectivity index (χ4v) is 3.03. The highest BCUT2D eigenvalue weighted by atomic mass is 32.2. The van der Waals surface area contributed by atoms with Gasteiger partial charge in [0.2, 0.25) is 10.0 Å². The Morgan fingerprint density at radius 3 is 2.44 bits per heavy atom. The second kappa shape index (κ2) is 5.71. The molecule has 0 aliphatic heterocycles. The summed E-state index contributed by atoms with van der Waals surface area (Å²) in [4.78, 5) is 0.268. The van der Waals surface area contributed by atoms with Crippen molar-refractivity contribution in [1.29, 1.82) is 0 Å². The lowest BCUT2D eigenvalue weighted by Gasteiger charge is -2.20. The van der Waals surface area contributed by atoms with Gasteiger partial charge in [-0.3, -0.25) is 0 Å². The van der Waals surface area contributed by atoms with Crippen molar-refractivity contribution in [2.45, 2.75) is 45.1 Å². The summed E-state index contributed by atoms with van der Waals surface area (Å²) in [6.45, 7) is 7.76. The maximum absolute atomic E-state index is 12.2. The van der Waals surface area contributed by atoms with Gasteiger partial charge in [0, 0.05) is 11.7 Å². The smallest absolute Gasteiger partial charge is 0.240 e. The molecule has 1 aromatic rings. The third kappa shape index (κ3) is 3.46. The van der Waals surface area contributed by atoms with Gasteiger partial charge < -0.3 is 5.73 Å². The van der Waals surface area contributed by atoms with Crippen LogP contribution in [0.3, 0.4) is 0 Å². The topological polar surface area (TPSA) is 72.2 Å². The van der Waals surface area contributed by atoms with Crippen LogP contribution in [0.4, 0.5) is 5.69 Å². The number of hydrogen-bond donors (Lipinski definition) is 2. The highest BCUT2D eigenvalue weighted by Crippen LogP contribution is 2.18. The number of nitrogens with one attached hydrogen (secondary N) is 1. The van der Waals surface area contributed by atoms with Gasteiger partial charge in [-0.15, -0.1) is 0 Å². The molecule has 18 heavy (non-hydrogen) atoms. The molecule has 1 rings (SSSR count). The van der Waals surface area contributed by atoms with Crippen LogP contribution in [0.2, 0.25) is 0 Å². The third-order valence-corrected chi connectivity index (χ3v) is 4.95. The molecular formula is C13H22N2O2S. The number of nitrogen functional groups attached to an aromatic ring is 1. The van der Waals surface area contributed by atoms with E-state index in [2.05, 4.69) is 4.72 Å². The summed E-state index contributed by atoms with van der Waals surface area (Å²) < 4.78 is 27.1. The molecule has 2 atom stereocenters. The van der Waals surface area contributed by atoms with E-state index in [-0.39, 0.29) is 10.9 Å². The van der Waals surface area contributed by atoms with E-state index in [0.29, 0.717) is 11.6 Å². The lowest BCUT2D eigenvalue weighted by molar-refractivity contribution is 0.434. The van der Waals surface area contributed by atoms with Crippen molar-refractivity contribution in [3.05, 3.63) is 23.8 Å². The van der Waals surface area contributed by atoms with Gasteiger partial charge in [0.25, 0.3) is 0 Å². The molecule has 0 bridgehead atoms. The standard InChI is InChI=1S/C13H22N2O2S/c1-5-9(2)11(4)15-18(16,17)12-6-7-13(14)10(3)8-12/h6-9,11,15H,5,14H2,1-4H3. The van der Waals surface area contributed by atoms with Crippen molar-refractivity contribution in [2.75, 3.05) is 5.73 Å². The maximum Gasteiger partial charge on any atom is 0.240 e. The Hall–Kier alpha value is -1.07. The number of anilines is 1. The zero-order valence-corrected chi connectivity index (χ0v) is 12.2. The van der Waals surface area contributed by atoms with Crippen molar-refractivity contribution in [3.8, 4) is 0 Å². The Bertz CT molecular complexity index is 512. The molecule has 102 valence electrons. The Kier molecular flexibility index (Phi) is 4.76. The Morgan fingerprint density at radius 1 is 1.33 bits per heavy atom. The van der Waals surface area contributed by atoms with Crippen LogP contribution in [0.15, 0.2) is 23.1 Å². The summed E-state index contributed by atoms with van der Waals surface area (Å²) in [5.74, 6) is 0.301. The monoisotopic (exact) mass is 270 g/mol. The Balaban J connectivity index is 2.96. The third-order valence-electron chi connectivity index (χ3n) is 3.39. The molecular weight excluding hydrogens is 248 g/mol. The Morgan fingerprint density at radius 2 is 1.94 bits per heavy atom. The van der Waals surface area contributed by atoms with Gasteiger partial charge in [-0.2, -0.15) is 0 Å². The SMILES string of the molecule is CCC(C)C(C)NS(=O)(=O)c1ccc(N)c(C)c1. The van der Waals surface area contributed by atoms with Crippen LogP contribution in [-0.2, 0) is 10.0 Å². The first-order valence-electron chi connectivity index (χ1n) is 6.16. The number of hydrogen-bond acceptors (Lipinski definition) is 3. The van der Waals surface area contributed by atoms with Crippen molar-refractivity contribution in [2.24, 2.45) is 5.92 Å². The van der Waals surface area contributed by atoms with Gasteiger partial charge in [-0.1, -0.05) is 20.3 Å². The van der Waals surface area contributed by atoms with E-state index in [1.54, 1.807) is 19.1 Å². The highest BCUT2D eigenvalue weighted by Gasteiger charge is 2.20. The molecule has 0 aromatic heterocycles. The van der Waals surface area contributed by atoms with Crippen LogP contribution in [0.5, 0.6) is 0 Å². The molecule has 0 saturated heterocycles. The second-order valence-corrected chi connectivity index (χ2v) is 6.53. The van der Waals surface area contributed by atoms with Gasteiger partial charge >= 0.3 is 0 Å². The van der Waals surface area contributed by atoms with E-state index in [1.165, 1.54) is 6.07 Å². The molecule has 0 spiro atoms. The van der Waals surface area contributed by atoms with Crippen LogP contribution in [0.25, 0.3) is 0 Å². The summed E-state index contributed by atoms with van der Waals surface area (Å²) in [5.41, 5.74) is 7.06. The molecule has 0 saturated carbocycles. The summed E-state index contributed by atoms with van der Waals surface area (Å²) in [5, 5.41) is 0. The van der Waals surface area contributed by atoms with Crippen molar-refractivity contribution in [3.63, 3.8) is 0 Å². The van der Waals surface area contributed by atoms with E-state index in [4.69, 9.17) is 5.73 Å². The minimum atomic E-state index is -3.46. The minimum Gasteiger partial charge on any atom is -0.399 e. The molecule has 0 amide bonds. The fourth-order valence-electron chi connectivity index (χ4n) is 1.60. The lowest BCUT2D eigenvalue weighted by Crippen LogP contribution is -2.36. The van der Waals surface area contributed by atoms with Crippen LogP contribution in [-0.4, -0.2) is 14.5 Å². The van der Waals surface area contributed by atoms with E-state index in [0.717, 1.165) is 12.0 Å². The average Bonchev–Trinajstić information content (AvgIpc) is 2.30. The van der Waals surface area contributed by atoms with E-state index < -0.39 is 10.0 Å². The summed E-state index contributed by atoms with van der Waals surface area (Å²) in [6.07, 6.45) is 0.935. The van der Waals surface area contributed by atoms with Crippen molar-refractivity contribution in [1.82, 2.24) is 4.72 Å². The average molecular weight is 270 g/mol. The number of sulfonamides is 1. The van der Waals surface area contributed by atoms with Crippen molar-refractivity contribution >= 4 is 15.7 Å². The first-order valence-corrected chi connectivity index (χ1v) is 7.64. The first-order chi connectivity index (χ1) is 8.27. The summed E-state index contributed by atoms with van der Waals surface area (Å²) in [7, 11) is -3.46. The number of aryl methyl sites for hydroxylation is 1. The van der Waals surface area contributed by atoms with E-state index in [1.807, 2.05) is 20.8 Å².